The van der Waals surface area contributed by atoms with Crippen molar-refractivity contribution in [3.05, 3.63) is 64.4 Å². The van der Waals surface area contributed by atoms with Crippen molar-refractivity contribution in [2.24, 2.45) is 5.92 Å². The molecule has 1 fully saturated rings. The van der Waals surface area contributed by atoms with E-state index in [4.69, 9.17) is 4.98 Å². The second-order valence-corrected chi connectivity index (χ2v) is 7.32. The van der Waals surface area contributed by atoms with Crippen molar-refractivity contribution in [3.8, 4) is 11.4 Å². The van der Waals surface area contributed by atoms with Crippen LogP contribution in [-0.4, -0.2) is 9.55 Å². The molecular formula is C22H24N2O. The van der Waals surface area contributed by atoms with Gasteiger partial charge < -0.3 is 0 Å². The lowest BCUT2D eigenvalue weighted by atomic mass is 9.85. The van der Waals surface area contributed by atoms with E-state index in [2.05, 4.69) is 38.1 Å². The van der Waals surface area contributed by atoms with Gasteiger partial charge in [0.15, 0.2) is 0 Å². The first kappa shape index (κ1) is 16.1. The van der Waals surface area contributed by atoms with Crippen LogP contribution >= 0.6 is 0 Å². The van der Waals surface area contributed by atoms with Crippen LogP contribution in [0.25, 0.3) is 22.3 Å². The Hall–Kier alpha value is -2.42. The molecule has 3 heteroatoms. The Morgan fingerprint density at radius 3 is 2.48 bits per heavy atom. The minimum atomic E-state index is 0.0972. The molecule has 0 amide bonds. The van der Waals surface area contributed by atoms with Gasteiger partial charge in [-0.05, 0) is 37.8 Å². The molecule has 0 N–H and O–H groups in total. The van der Waals surface area contributed by atoms with Crippen molar-refractivity contribution in [2.45, 2.75) is 45.6 Å². The number of benzene rings is 2. The Kier molecular flexibility index (Phi) is 4.16. The monoisotopic (exact) mass is 332 g/mol. The third-order valence-corrected chi connectivity index (χ3v) is 5.52. The third kappa shape index (κ3) is 2.88. The number of rotatable bonds is 2. The first-order chi connectivity index (χ1) is 12.1. The average molecular weight is 332 g/mol. The van der Waals surface area contributed by atoms with Crippen LogP contribution in [0.2, 0.25) is 0 Å². The molecule has 1 aromatic heterocycles. The van der Waals surface area contributed by atoms with E-state index >= 15 is 0 Å². The van der Waals surface area contributed by atoms with Gasteiger partial charge in [0, 0.05) is 11.6 Å². The van der Waals surface area contributed by atoms with Gasteiger partial charge in [-0.25, -0.2) is 4.98 Å². The third-order valence-electron chi connectivity index (χ3n) is 5.52. The summed E-state index contributed by atoms with van der Waals surface area (Å²) in [6.45, 7) is 4.35. The molecule has 0 bridgehead atoms. The highest BCUT2D eigenvalue weighted by molar-refractivity contribution is 5.79. The molecule has 2 aromatic carbocycles. The van der Waals surface area contributed by atoms with Gasteiger partial charge in [0.25, 0.3) is 5.56 Å². The number of aromatic nitrogens is 2. The van der Waals surface area contributed by atoms with Crippen molar-refractivity contribution in [3.63, 3.8) is 0 Å². The summed E-state index contributed by atoms with van der Waals surface area (Å²) >= 11 is 0. The second kappa shape index (κ2) is 6.47. The normalized spacial score (nSPS) is 20.7. The van der Waals surface area contributed by atoms with Crippen LogP contribution in [0.5, 0.6) is 0 Å². The van der Waals surface area contributed by atoms with E-state index in [9.17, 15) is 4.79 Å². The molecule has 3 aromatic rings. The molecule has 2 unspecified atom stereocenters. The fourth-order valence-corrected chi connectivity index (χ4v) is 4.04. The lowest BCUT2D eigenvalue weighted by molar-refractivity contribution is 0.254. The van der Waals surface area contributed by atoms with Crippen LogP contribution in [0.4, 0.5) is 0 Å². The van der Waals surface area contributed by atoms with E-state index in [0.717, 1.165) is 28.7 Å². The Bertz CT molecular complexity index is 956. The Morgan fingerprint density at radius 2 is 1.72 bits per heavy atom. The molecule has 4 rings (SSSR count). The van der Waals surface area contributed by atoms with Gasteiger partial charge >= 0.3 is 0 Å². The summed E-state index contributed by atoms with van der Waals surface area (Å²) in [6, 6.07) is 16.3. The van der Waals surface area contributed by atoms with Crippen LogP contribution < -0.4 is 5.56 Å². The minimum Gasteiger partial charge on any atom is -0.289 e. The van der Waals surface area contributed by atoms with E-state index < -0.39 is 0 Å². The summed E-state index contributed by atoms with van der Waals surface area (Å²) in [6.07, 6.45) is 4.67. The number of nitrogens with zero attached hydrogens (tertiary/aromatic N) is 2. The first-order valence-electron chi connectivity index (χ1n) is 9.23. The Morgan fingerprint density at radius 1 is 1.00 bits per heavy atom. The number of hydrogen-bond acceptors (Lipinski definition) is 2. The molecule has 1 aliphatic carbocycles. The zero-order chi connectivity index (χ0) is 17.4. The lowest BCUT2D eigenvalue weighted by Gasteiger charge is -2.32. The zero-order valence-electron chi connectivity index (χ0n) is 14.9. The number of hydrogen-bond donors (Lipinski definition) is 0. The van der Waals surface area contributed by atoms with Gasteiger partial charge in [-0.1, -0.05) is 61.7 Å². The van der Waals surface area contributed by atoms with Gasteiger partial charge in [-0.3, -0.25) is 9.36 Å². The maximum Gasteiger partial charge on any atom is 0.261 e. The fraction of sp³-hybridized carbons (Fsp3) is 0.364. The minimum absolute atomic E-state index is 0.0972. The van der Waals surface area contributed by atoms with E-state index in [1.165, 1.54) is 24.8 Å². The zero-order valence-corrected chi connectivity index (χ0v) is 14.9. The molecule has 1 saturated carbocycles. The molecular weight excluding hydrogens is 308 g/mol. The molecule has 3 nitrogen and oxygen atoms in total. The largest absolute Gasteiger partial charge is 0.289 e. The fourth-order valence-electron chi connectivity index (χ4n) is 4.04. The molecule has 2 atom stereocenters. The van der Waals surface area contributed by atoms with E-state index in [0.29, 0.717) is 5.92 Å². The molecule has 1 heterocycles. The van der Waals surface area contributed by atoms with Crippen molar-refractivity contribution in [2.75, 3.05) is 0 Å². The maximum atomic E-state index is 13.4. The molecule has 25 heavy (non-hydrogen) atoms. The molecule has 0 aliphatic heterocycles. The van der Waals surface area contributed by atoms with Crippen molar-refractivity contribution < 1.29 is 0 Å². The highest BCUT2D eigenvalue weighted by Gasteiger charge is 2.27. The highest BCUT2D eigenvalue weighted by Crippen LogP contribution is 2.35. The molecule has 0 saturated heterocycles. The summed E-state index contributed by atoms with van der Waals surface area (Å²) in [5.41, 5.74) is 3.11. The van der Waals surface area contributed by atoms with Crippen LogP contribution in [-0.2, 0) is 0 Å². The van der Waals surface area contributed by atoms with Gasteiger partial charge in [0.2, 0.25) is 0 Å². The maximum absolute atomic E-state index is 13.4. The predicted octanol–water partition coefficient (Wildman–Crippen LogP) is 5.12. The quantitative estimate of drug-likeness (QED) is 0.652. The Balaban J connectivity index is 2.00. The summed E-state index contributed by atoms with van der Waals surface area (Å²) in [4.78, 5) is 18.3. The first-order valence-corrected chi connectivity index (χ1v) is 9.23. The SMILES string of the molecule is Cc1ccc(-c2nc3ccccc3c(=O)n2C2CCCCC2C)cc1. The predicted molar refractivity (Wildman–Crippen MR) is 103 cm³/mol. The molecule has 1 aliphatic rings. The van der Waals surface area contributed by atoms with Crippen LogP contribution in [0.3, 0.4) is 0 Å². The van der Waals surface area contributed by atoms with E-state index in [1.807, 2.05) is 28.8 Å². The summed E-state index contributed by atoms with van der Waals surface area (Å²) in [5.74, 6) is 1.31. The highest BCUT2D eigenvalue weighted by atomic mass is 16.1. The summed E-state index contributed by atoms with van der Waals surface area (Å²) in [5, 5.41) is 0.719. The van der Waals surface area contributed by atoms with Crippen LogP contribution in [0.15, 0.2) is 53.3 Å². The molecule has 0 spiro atoms. The van der Waals surface area contributed by atoms with Crippen molar-refractivity contribution in [1.82, 2.24) is 9.55 Å². The Labute approximate surface area is 148 Å². The van der Waals surface area contributed by atoms with Gasteiger partial charge in [0.1, 0.15) is 5.82 Å². The van der Waals surface area contributed by atoms with E-state index in [1.54, 1.807) is 0 Å². The van der Waals surface area contributed by atoms with Gasteiger partial charge in [-0.2, -0.15) is 0 Å². The smallest absolute Gasteiger partial charge is 0.261 e. The van der Waals surface area contributed by atoms with Crippen LogP contribution in [0, 0.1) is 12.8 Å². The lowest BCUT2D eigenvalue weighted by Crippen LogP contribution is -2.32. The molecule has 0 radical (unpaired) electrons. The number of para-hydroxylation sites is 1. The average Bonchev–Trinajstić information content (AvgIpc) is 2.63. The summed E-state index contributed by atoms with van der Waals surface area (Å²) < 4.78 is 1.98. The van der Waals surface area contributed by atoms with Crippen molar-refractivity contribution in [1.29, 1.82) is 0 Å². The van der Waals surface area contributed by atoms with E-state index in [-0.39, 0.29) is 11.6 Å². The number of aryl methyl sites for hydroxylation is 1. The van der Waals surface area contributed by atoms with Crippen LogP contribution in [0.1, 0.15) is 44.2 Å². The molecule has 128 valence electrons. The standard InChI is InChI=1S/C22H24N2O/c1-15-11-13-17(14-12-15)21-23-19-9-5-4-8-18(19)22(25)24(21)20-10-6-3-7-16(20)2/h4-5,8-9,11-14,16,20H,3,6-7,10H2,1-2H3. The van der Waals surface area contributed by atoms with Gasteiger partial charge in [0.05, 0.1) is 10.9 Å². The second-order valence-electron chi connectivity index (χ2n) is 7.32. The van der Waals surface area contributed by atoms with Crippen molar-refractivity contribution >= 4 is 10.9 Å². The summed E-state index contributed by atoms with van der Waals surface area (Å²) in [7, 11) is 0. The topological polar surface area (TPSA) is 34.9 Å². The van der Waals surface area contributed by atoms with Gasteiger partial charge in [-0.15, -0.1) is 0 Å². The number of fused-ring (bicyclic) bond motifs is 1.